The zero-order valence-electron chi connectivity index (χ0n) is 22.0. The largest absolute Gasteiger partial charge is 0.485 e. The highest BCUT2D eigenvalue weighted by Crippen LogP contribution is 2.38. The van der Waals surface area contributed by atoms with Gasteiger partial charge in [-0.15, -0.1) is 0 Å². The Labute approximate surface area is 240 Å². The molecule has 1 aliphatic rings. The Balaban J connectivity index is 1.41. The summed E-state index contributed by atoms with van der Waals surface area (Å²) in [5, 5.41) is 3.16. The van der Waals surface area contributed by atoms with Crippen LogP contribution in [0.25, 0.3) is 0 Å². The lowest BCUT2D eigenvalue weighted by atomic mass is 9.86. The topological polar surface area (TPSA) is 54.5 Å². The van der Waals surface area contributed by atoms with Gasteiger partial charge in [-0.1, -0.05) is 29.3 Å². The molecule has 2 aromatic carbocycles. The maximum atomic E-state index is 15.1. The minimum absolute atomic E-state index is 0.0956. The molecule has 40 heavy (non-hydrogen) atoms. The summed E-state index contributed by atoms with van der Waals surface area (Å²) < 4.78 is 63.8. The third-order valence-corrected chi connectivity index (χ3v) is 7.91. The van der Waals surface area contributed by atoms with Gasteiger partial charge in [0.15, 0.2) is 11.6 Å². The molecule has 0 bridgehead atoms. The molecule has 5 nitrogen and oxygen atoms in total. The van der Waals surface area contributed by atoms with E-state index in [1.807, 2.05) is 6.92 Å². The molecule has 4 rings (SSSR count). The number of halogens is 6. The zero-order valence-corrected chi connectivity index (χ0v) is 23.5. The highest BCUT2D eigenvalue weighted by atomic mass is 35.5. The van der Waals surface area contributed by atoms with E-state index in [1.165, 1.54) is 37.5 Å². The van der Waals surface area contributed by atoms with E-state index < -0.39 is 34.9 Å². The highest BCUT2D eigenvalue weighted by Gasteiger charge is 2.34. The summed E-state index contributed by atoms with van der Waals surface area (Å²) in [6, 6.07) is 6.44. The van der Waals surface area contributed by atoms with Gasteiger partial charge < -0.3 is 15.0 Å². The first-order chi connectivity index (χ1) is 19.1. The van der Waals surface area contributed by atoms with Crippen molar-refractivity contribution >= 4 is 29.1 Å². The molecule has 11 heteroatoms. The molecule has 214 valence electrons. The van der Waals surface area contributed by atoms with Gasteiger partial charge in [0.25, 0.3) is 5.91 Å². The van der Waals surface area contributed by atoms with Gasteiger partial charge in [0.2, 0.25) is 0 Å². The van der Waals surface area contributed by atoms with Crippen LogP contribution in [0.15, 0.2) is 42.7 Å². The molecule has 0 aliphatic carbocycles. The minimum atomic E-state index is -1.26. The monoisotopic (exact) mass is 597 g/mol. The van der Waals surface area contributed by atoms with Gasteiger partial charge in [0, 0.05) is 48.1 Å². The molecule has 1 amide bonds. The normalized spacial score (nSPS) is 16.0. The summed E-state index contributed by atoms with van der Waals surface area (Å²) in [4.78, 5) is 18.6. The van der Waals surface area contributed by atoms with Crippen molar-refractivity contribution in [2.75, 3.05) is 19.6 Å². The molecule has 0 radical (unpaired) electrons. The van der Waals surface area contributed by atoms with Crippen LogP contribution >= 0.6 is 23.2 Å². The van der Waals surface area contributed by atoms with Crippen molar-refractivity contribution in [3.63, 3.8) is 0 Å². The lowest BCUT2D eigenvalue weighted by Gasteiger charge is -2.39. The maximum Gasteiger partial charge on any atom is 0.254 e. The highest BCUT2D eigenvalue weighted by molar-refractivity contribution is 6.39. The number of aromatic nitrogens is 1. The summed E-state index contributed by atoms with van der Waals surface area (Å²) in [7, 11) is 0. The van der Waals surface area contributed by atoms with Crippen molar-refractivity contribution < 1.29 is 27.1 Å². The number of ether oxygens (including phenoxy) is 1. The average molecular weight is 598 g/mol. The molecule has 3 aromatic rings. The number of hydrogen-bond donors (Lipinski definition) is 1. The lowest BCUT2D eigenvalue weighted by Crippen LogP contribution is -2.43. The number of benzene rings is 2. The number of pyridine rings is 1. The maximum absolute atomic E-state index is 15.1. The van der Waals surface area contributed by atoms with Crippen LogP contribution in [-0.2, 0) is 0 Å². The number of carbonyl (C=O) groups is 1. The standard InChI is InChI=1S/C29H29Cl2F4N3O2/c1-16(6-9-37-29(39)25-22(30)14-36-15-23(25)31)38-10-7-18(8-11-38)28(40-20-5-3-4-19(32)12-20)21-13-24(33)17(2)26(34)27(21)35/h3-5,12-16,18,28H,6-11H2,1-2H3,(H,37,39). The van der Waals surface area contributed by atoms with Gasteiger partial charge >= 0.3 is 0 Å². The Hall–Kier alpha value is -2.88. The van der Waals surface area contributed by atoms with E-state index in [4.69, 9.17) is 27.9 Å². The second-order valence-electron chi connectivity index (χ2n) is 9.94. The van der Waals surface area contributed by atoms with E-state index in [9.17, 15) is 18.0 Å². The third kappa shape index (κ3) is 6.87. The number of likely N-dealkylation sites (tertiary alicyclic amines) is 1. The Morgan fingerprint density at radius 2 is 1.77 bits per heavy atom. The molecule has 1 N–H and O–H groups in total. The summed E-state index contributed by atoms with van der Waals surface area (Å²) in [5.74, 6) is -4.36. The van der Waals surface area contributed by atoms with Crippen molar-refractivity contribution in [1.29, 1.82) is 0 Å². The van der Waals surface area contributed by atoms with Crippen LogP contribution in [0.5, 0.6) is 5.75 Å². The van der Waals surface area contributed by atoms with Gasteiger partial charge in [-0.3, -0.25) is 9.78 Å². The first-order valence-corrected chi connectivity index (χ1v) is 13.7. The predicted octanol–water partition coefficient (Wildman–Crippen LogP) is 7.29. The van der Waals surface area contributed by atoms with Gasteiger partial charge in [0.05, 0.1) is 15.6 Å². The smallest absolute Gasteiger partial charge is 0.254 e. The number of carbonyl (C=O) groups excluding carboxylic acids is 1. The van der Waals surface area contributed by atoms with Crippen LogP contribution in [0.1, 0.15) is 53.8 Å². The van der Waals surface area contributed by atoms with Gasteiger partial charge in [0.1, 0.15) is 23.5 Å². The van der Waals surface area contributed by atoms with Crippen molar-refractivity contribution in [3.8, 4) is 5.75 Å². The number of rotatable bonds is 9. The van der Waals surface area contributed by atoms with E-state index in [-0.39, 0.29) is 44.8 Å². The Kier molecular flexibility index (Phi) is 9.92. The van der Waals surface area contributed by atoms with Crippen LogP contribution in [-0.4, -0.2) is 41.5 Å². The molecular formula is C29H29Cl2F4N3O2. The fourth-order valence-corrected chi connectivity index (χ4v) is 5.50. The molecule has 0 spiro atoms. The molecule has 2 unspecified atom stereocenters. The molecule has 1 aliphatic heterocycles. The summed E-state index contributed by atoms with van der Waals surface area (Å²) in [6.07, 6.45) is 3.43. The minimum Gasteiger partial charge on any atom is -0.485 e. The summed E-state index contributed by atoms with van der Waals surface area (Å²) in [5.41, 5.74) is -0.463. The predicted molar refractivity (Wildman–Crippen MR) is 146 cm³/mol. The quantitative estimate of drug-likeness (QED) is 0.208. The molecule has 2 heterocycles. The number of nitrogens with one attached hydrogen (secondary N) is 1. The molecule has 0 saturated carbocycles. The van der Waals surface area contributed by atoms with E-state index in [2.05, 4.69) is 15.2 Å². The number of piperidine rings is 1. The number of hydrogen-bond acceptors (Lipinski definition) is 4. The van der Waals surface area contributed by atoms with Crippen LogP contribution in [0, 0.1) is 36.1 Å². The third-order valence-electron chi connectivity index (χ3n) is 7.34. The van der Waals surface area contributed by atoms with Crippen molar-refractivity contribution in [1.82, 2.24) is 15.2 Å². The zero-order chi connectivity index (χ0) is 29.0. The van der Waals surface area contributed by atoms with Crippen molar-refractivity contribution in [2.24, 2.45) is 5.92 Å². The van der Waals surface area contributed by atoms with E-state index >= 15 is 4.39 Å². The average Bonchev–Trinajstić information content (AvgIpc) is 2.93. The van der Waals surface area contributed by atoms with Gasteiger partial charge in [-0.25, -0.2) is 17.6 Å². The first kappa shape index (κ1) is 30.1. The van der Waals surface area contributed by atoms with Crippen molar-refractivity contribution in [2.45, 2.75) is 45.3 Å². The van der Waals surface area contributed by atoms with Crippen LogP contribution in [0.3, 0.4) is 0 Å². The molecule has 2 atom stereocenters. The van der Waals surface area contributed by atoms with Gasteiger partial charge in [-0.05, 0) is 64.4 Å². The summed E-state index contributed by atoms with van der Waals surface area (Å²) >= 11 is 12.1. The van der Waals surface area contributed by atoms with E-state index in [1.54, 1.807) is 0 Å². The van der Waals surface area contributed by atoms with Crippen LogP contribution < -0.4 is 10.1 Å². The fraction of sp³-hybridized carbons (Fsp3) is 0.379. The fourth-order valence-electron chi connectivity index (χ4n) is 4.97. The molecule has 1 fully saturated rings. The molecule has 1 saturated heterocycles. The summed E-state index contributed by atoms with van der Waals surface area (Å²) in [6.45, 7) is 4.81. The Morgan fingerprint density at radius 1 is 1.10 bits per heavy atom. The second kappa shape index (κ2) is 13.2. The van der Waals surface area contributed by atoms with E-state index in [0.29, 0.717) is 38.9 Å². The van der Waals surface area contributed by atoms with Crippen molar-refractivity contribution in [3.05, 3.63) is 92.7 Å². The number of amides is 1. The Morgan fingerprint density at radius 3 is 2.42 bits per heavy atom. The van der Waals surface area contributed by atoms with Gasteiger partial charge in [-0.2, -0.15) is 0 Å². The second-order valence-corrected chi connectivity index (χ2v) is 10.8. The molecular weight excluding hydrogens is 569 g/mol. The number of nitrogens with zero attached hydrogens (tertiary/aromatic N) is 2. The Bertz CT molecular complexity index is 1350. The van der Waals surface area contributed by atoms with E-state index in [0.717, 1.165) is 12.1 Å². The van der Waals surface area contributed by atoms with Crippen LogP contribution in [0.4, 0.5) is 17.6 Å². The SMILES string of the molecule is Cc1c(F)cc(C(Oc2cccc(F)c2)C2CCN(C(C)CCNC(=O)c3c(Cl)cncc3Cl)CC2)c(F)c1F. The van der Waals surface area contributed by atoms with Crippen LogP contribution in [0.2, 0.25) is 10.0 Å². The first-order valence-electron chi connectivity index (χ1n) is 12.9. The molecule has 1 aromatic heterocycles. The lowest BCUT2D eigenvalue weighted by molar-refractivity contribution is 0.0580.